The molecule has 2 aliphatic rings. The predicted octanol–water partition coefficient (Wildman–Crippen LogP) is 6.99. The van der Waals surface area contributed by atoms with Crippen molar-refractivity contribution in [2.45, 2.75) is 63.4 Å². The second-order valence-electron chi connectivity index (χ2n) is 9.63. The fraction of sp³-hybridized carbons (Fsp3) is 0.367. The Hall–Kier alpha value is -2.87. The van der Waals surface area contributed by atoms with Crippen molar-refractivity contribution in [3.63, 3.8) is 0 Å². The number of hydrogen-bond acceptors (Lipinski definition) is 2. The average molecular weight is 425 g/mol. The molecule has 5 rings (SSSR count). The van der Waals surface area contributed by atoms with Gasteiger partial charge in [-0.15, -0.1) is 0 Å². The Labute approximate surface area is 191 Å². The van der Waals surface area contributed by atoms with E-state index in [1.54, 1.807) is 0 Å². The van der Waals surface area contributed by atoms with Gasteiger partial charge in [0.15, 0.2) is 0 Å². The van der Waals surface area contributed by atoms with Crippen LogP contribution in [0.4, 0.5) is 0 Å². The molecule has 1 saturated carbocycles. The van der Waals surface area contributed by atoms with Crippen LogP contribution in [0.25, 0.3) is 0 Å². The molecule has 3 aromatic carbocycles. The van der Waals surface area contributed by atoms with Crippen LogP contribution in [0.5, 0.6) is 5.75 Å². The maximum absolute atomic E-state index is 10.8. The molecule has 0 saturated heterocycles. The number of ether oxygens (including phenoxy) is 1. The van der Waals surface area contributed by atoms with E-state index in [0.717, 1.165) is 37.7 Å². The van der Waals surface area contributed by atoms with E-state index in [1.807, 2.05) is 0 Å². The molecule has 0 N–H and O–H groups in total. The highest BCUT2D eigenvalue weighted by atomic mass is 16.5. The lowest BCUT2D eigenvalue weighted by molar-refractivity contribution is -0.108. The van der Waals surface area contributed by atoms with Crippen LogP contribution in [-0.4, -0.2) is 12.4 Å². The van der Waals surface area contributed by atoms with Crippen LogP contribution in [0.3, 0.4) is 0 Å². The number of fused-ring (bicyclic) bond motifs is 1. The van der Waals surface area contributed by atoms with Crippen molar-refractivity contribution >= 4 is 6.29 Å². The van der Waals surface area contributed by atoms with Gasteiger partial charge in [-0.25, -0.2) is 0 Å². The molecule has 0 spiro atoms. The smallest absolute Gasteiger partial charge is 0.120 e. The Bertz CT molecular complexity index is 1050. The summed E-state index contributed by atoms with van der Waals surface area (Å²) in [6, 6.07) is 26.8. The molecule has 2 aliphatic carbocycles. The van der Waals surface area contributed by atoms with Gasteiger partial charge in [-0.1, -0.05) is 66.2 Å². The fourth-order valence-electron chi connectivity index (χ4n) is 5.85. The Morgan fingerprint density at radius 1 is 0.906 bits per heavy atom. The van der Waals surface area contributed by atoms with Crippen LogP contribution in [0.2, 0.25) is 0 Å². The maximum Gasteiger partial charge on any atom is 0.120 e. The third-order valence-corrected chi connectivity index (χ3v) is 7.45. The molecular weight excluding hydrogens is 392 g/mol. The summed E-state index contributed by atoms with van der Waals surface area (Å²) in [5, 5.41) is 0. The number of rotatable bonds is 6. The summed E-state index contributed by atoms with van der Waals surface area (Å²) >= 11 is 0. The molecule has 2 heteroatoms. The molecule has 0 heterocycles. The second-order valence-corrected chi connectivity index (χ2v) is 9.63. The van der Waals surface area contributed by atoms with E-state index in [2.05, 4.69) is 79.7 Å². The molecule has 2 nitrogen and oxygen atoms in total. The molecule has 0 aromatic heterocycles. The van der Waals surface area contributed by atoms with Gasteiger partial charge in [-0.05, 0) is 85.3 Å². The predicted molar refractivity (Wildman–Crippen MR) is 129 cm³/mol. The fourth-order valence-corrected chi connectivity index (χ4v) is 5.85. The Balaban J connectivity index is 1.41. The summed E-state index contributed by atoms with van der Waals surface area (Å²) in [5.74, 6) is 2.28. The third-order valence-electron chi connectivity index (χ3n) is 7.45. The zero-order valence-electron chi connectivity index (χ0n) is 18.9. The topological polar surface area (TPSA) is 26.3 Å². The summed E-state index contributed by atoms with van der Waals surface area (Å²) in [7, 11) is 0. The Morgan fingerprint density at radius 3 is 2.50 bits per heavy atom. The van der Waals surface area contributed by atoms with E-state index in [1.165, 1.54) is 34.2 Å². The van der Waals surface area contributed by atoms with Gasteiger partial charge in [0.1, 0.15) is 12.0 Å². The van der Waals surface area contributed by atoms with E-state index in [-0.39, 0.29) is 6.10 Å². The minimum atomic E-state index is 0.237. The summed E-state index contributed by atoms with van der Waals surface area (Å²) < 4.78 is 6.27. The zero-order valence-corrected chi connectivity index (χ0v) is 18.9. The Kier molecular flexibility index (Phi) is 6.12. The van der Waals surface area contributed by atoms with Crippen LogP contribution in [-0.2, 0) is 11.2 Å². The molecule has 0 aliphatic heterocycles. The molecule has 0 bridgehead atoms. The van der Waals surface area contributed by atoms with Gasteiger partial charge < -0.3 is 9.53 Å². The minimum absolute atomic E-state index is 0.237. The van der Waals surface area contributed by atoms with E-state index < -0.39 is 0 Å². The zero-order chi connectivity index (χ0) is 21.9. The SMILES string of the molecule is Cc1ccc2c(c1)CC[C@H](c1ccccc1)[C@@H]2c1ccc(OC2CCC(CC=O)C2)cc1. The molecular formula is C30H32O2. The first-order chi connectivity index (χ1) is 15.7. The van der Waals surface area contributed by atoms with E-state index in [9.17, 15) is 4.79 Å². The molecule has 1 fully saturated rings. The van der Waals surface area contributed by atoms with Crippen molar-refractivity contribution in [2.75, 3.05) is 0 Å². The lowest BCUT2D eigenvalue weighted by Gasteiger charge is -2.35. The largest absolute Gasteiger partial charge is 0.490 e. The lowest BCUT2D eigenvalue weighted by atomic mass is 9.69. The highest BCUT2D eigenvalue weighted by Crippen LogP contribution is 2.46. The average Bonchev–Trinajstić information content (AvgIpc) is 3.26. The summed E-state index contributed by atoms with van der Waals surface area (Å²) in [4.78, 5) is 10.8. The van der Waals surface area contributed by atoms with Crippen molar-refractivity contribution in [1.82, 2.24) is 0 Å². The van der Waals surface area contributed by atoms with Gasteiger partial charge in [0.05, 0.1) is 6.10 Å². The maximum atomic E-state index is 10.8. The standard InChI is InChI=1S/C30H32O2/c1-21-7-15-29-25(19-21)11-16-28(23-5-3-2-4-6-23)30(29)24-9-13-26(14-10-24)32-27-12-8-22(20-27)17-18-31/h2-7,9-10,13-15,18-19,22,27-28,30H,8,11-12,16-17,20H2,1H3/t22?,27?,28-,30+/m1/s1. The summed E-state index contributed by atoms with van der Waals surface area (Å²) in [5.41, 5.74) is 7.10. The van der Waals surface area contributed by atoms with Crippen LogP contribution in [0.15, 0.2) is 72.8 Å². The lowest BCUT2D eigenvalue weighted by Crippen LogP contribution is -2.20. The quantitative estimate of drug-likeness (QED) is 0.399. The van der Waals surface area contributed by atoms with Gasteiger partial charge in [-0.2, -0.15) is 0 Å². The van der Waals surface area contributed by atoms with Gasteiger partial charge in [0.2, 0.25) is 0 Å². The summed E-state index contributed by atoms with van der Waals surface area (Å²) in [6.45, 7) is 2.19. The van der Waals surface area contributed by atoms with Crippen LogP contribution in [0.1, 0.15) is 71.8 Å². The van der Waals surface area contributed by atoms with E-state index in [4.69, 9.17) is 4.74 Å². The highest BCUT2D eigenvalue weighted by Gasteiger charge is 2.32. The molecule has 32 heavy (non-hydrogen) atoms. The highest BCUT2D eigenvalue weighted by molar-refractivity contribution is 5.50. The number of benzene rings is 3. The molecule has 3 aromatic rings. The van der Waals surface area contributed by atoms with E-state index >= 15 is 0 Å². The van der Waals surface area contributed by atoms with Crippen molar-refractivity contribution < 1.29 is 9.53 Å². The van der Waals surface area contributed by atoms with Gasteiger partial charge >= 0.3 is 0 Å². The number of carbonyl (C=O) groups is 1. The molecule has 0 radical (unpaired) electrons. The third kappa shape index (κ3) is 4.37. The molecule has 164 valence electrons. The van der Waals surface area contributed by atoms with Crippen LogP contribution < -0.4 is 4.74 Å². The van der Waals surface area contributed by atoms with Gasteiger partial charge in [0, 0.05) is 12.3 Å². The molecule has 2 unspecified atom stereocenters. The van der Waals surface area contributed by atoms with Crippen LogP contribution >= 0.6 is 0 Å². The number of hydrogen-bond donors (Lipinski definition) is 0. The van der Waals surface area contributed by atoms with Crippen molar-refractivity contribution in [1.29, 1.82) is 0 Å². The second kappa shape index (κ2) is 9.32. The first-order valence-electron chi connectivity index (χ1n) is 12.1. The van der Waals surface area contributed by atoms with Crippen molar-refractivity contribution in [3.05, 3.63) is 101 Å². The van der Waals surface area contributed by atoms with Crippen LogP contribution in [0, 0.1) is 12.8 Å². The molecule has 4 atom stereocenters. The van der Waals surface area contributed by atoms with Crippen molar-refractivity contribution in [3.8, 4) is 5.75 Å². The first kappa shape index (κ1) is 21.0. The number of aldehydes is 1. The summed E-state index contributed by atoms with van der Waals surface area (Å²) in [6.07, 6.45) is 7.40. The van der Waals surface area contributed by atoms with E-state index in [0.29, 0.717) is 24.2 Å². The normalized spacial score (nSPS) is 24.7. The van der Waals surface area contributed by atoms with Gasteiger partial charge in [-0.3, -0.25) is 0 Å². The minimum Gasteiger partial charge on any atom is -0.490 e. The number of aryl methyl sites for hydroxylation is 2. The first-order valence-corrected chi connectivity index (χ1v) is 12.1. The monoisotopic (exact) mass is 424 g/mol. The van der Waals surface area contributed by atoms with Gasteiger partial charge in [0.25, 0.3) is 0 Å². The van der Waals surface area contributed by atoms with Crippen molar-refractivity contribution in [2.24, 2.45) is 5.92 Å². The Morgan fingerprint density at radius 2 is 1.72 bits per heavy atom. The molecule has 0 amide bonds. The number of carbonyl (C=O) groups excluding carboxylic acids is 1.